The van der Waals surface area contributed by atoms with Gasteiger partial charge in [0, 0.05) is 6.42 Å². The number of rotatable bonds is 11. The van der Waals surface area contributed by atoms with Gasteiger partial charge in [0.1, 0.15) is 28.2 Å². The third-order valence-electron chi connectivity index (χ3n) is 6.27. The molecule has 1 amide bonds. The predicted molar refractivity (Wildman–Crippen MR) is 171 cm³/mol. The highest BCUT2D eigenvalue weighted by Gasteiger charge is 2.24. The van der Waals surface area contributed by atoms with Crippen molar-refractivity contribution in [2.75, 3.05) is 0 Å². The van der Waals surface area contributed by atoms with Crippen molar-refractivity contribution in [3.05, 3.63) is 123 Å². The summed E-state index contributed by atoms with van der Waals surface area (Å²) >= 11 is 12.9. The molecule has 4 N–H and O–H groups in total. The highest BCUT2D eigenvalue weighted by molar-refractivity contribution is 7.76. The molecule has 0 saturated heterocycles. The van der Waals surface area contributed by atoms with Gasteiger partial charge in [-0.3, -0.25) is 4.79 Å². The second kappa shape index (κ2) is 14.5. The fourth-order valence-electron chi connectivity index (χ4n) is 4.34. The van der Waals surface area contributed by atoms with Crippen LogP contribution in [0.3, 0.4) is 0 Å². The quantitative estimate of drug-likeness (QED) is 0.112. The maximum atomic E-state index is 13.1. The summed E-state index contributed by atoms with van der Waals surface area (Å²) in [6.45, 7) is 0. The second-order valence-electron chi connectivity index (χ2n) is 9.46. The molecule has 4 aromatic rings. The first-order valence-electron chi connectivity index (χ1n) is 12.8. The van der Waals surface area contributed by atoms with Gasteiger partial charge in [0.05, 0.1) is 21.4 Å². The molecule has 0 unspecified atom stereocenters. The Morgan fingerprint density at radius 1 is 0.837 bits per heavy atom. The molecule has 4 aromatic carbocycles. The van der Waals surface area contributed by atoms with Crippen LogP contribution in [0.15, 0.2) is 90.7 Å². The molecule has 8 nitrogen and oxygen atoms in total. The standard InChI is InChI=1S/C31H26Cl2NO7PS/c32-26-13-20(10-11-42(24-8-2-6-22(35)16-24)25-9-3-7-23(36)17-25)14-27(33)29(26)30(37)34-28(31(38)39)15-19-4-1-5-21(12-19)18-43(40)41/h1-14,16-17,28,35-36,43H,15,18H2,(H,34,37)(H,38,39)/b11-10+/t28-/m0/s1. The Morgan fingerprint density at radius 2 is 1.40 bits per heavy atom. The molecule has 1 atom stereocenters. The van der Waals surface area contributed by atoms with Gasteiger partial charge in [-0.25, -0.2) is 13.2 Å². The summed E-state index contributed by atoms with van der Waals surface area (Å²) in [6.07, 6.45) is 1.68. The molecule has 4 rings (SSSR count). The second-order valence-corrected chi connectivity index (χ2v) is 13.3. The molecule has 0 aliphatic heterocycles. The number of hydrogen-bond donors (Lipinski definition) is 5. The topological polar surface area (TPSA) is 141 Å². The van der Waals surface area contributed by atoms with Crippen LogP contribution in [0.5, 0.6) is 11.5 Å². The lowest BCUT2D eigenvalue weighted by Gasteiger charge is -2.17. The van der Waals surface area contributed by atoms with Gasteiger partial charge < -0.3 is 20.6 Å². The summed E-state index contributed by atoms with van der Waals surface area (Å²) in [5, 5.41) is 34.0. The fourth-order valence-corrected chi connectivity index (χ4v) is 7.51. The summed E-state index contributed by atoms with van der Waals surface area (Å²) in [5.74, 6) is -0.134. The number of nitrogens with one attached hydrogen (secondary N) is 1. The van der Waals surface area contributed by atoms with Crippen molar-refractivity contribution in [1.82, 2.24) is 5.32 Å². The Kier molecular flexibility index (Phi) is 10.8. The first-order chi connectivity index (χ1) is 20.5. The fraction of sp³-hybridized carbons (Fsp3) is 0.0968. The summed E-state index contributed by atoms with van der Waals surface area (Å²) in [7, 11) is -3.81. The molecule has 43 heavy (non-hydrogen) atoms. The number of carboxylic acids is 1. The molecule has 0 heterocycles. The zero-order chi connectivity index (χ0) is 31.1. The smallest absolute Gasteiger partial charge is 0.326 e. The van der Waals surface area contributed by atoms with Crippen LogP contribution < -0.4 is 15.9 Å². The van der Waals surface area contributed by atoms with Crippen molar-refractivity contribution in [1.29, 1.82) is 0 Å². The molecule has 0 aliphatic rings. The largest absolute Gasteiger partial charge is 0.508 e. The van der Waals surface area contributed by atoms with Gasteiger partial charge in [-0.15, -0.1) is 0 Å². The Bertz CT molecular complexity index is 1700. The monoisotopic (exact) mass is 657 g/mol. The number of aromatic hydroxyl groups is 2. The number of carbonyl (C=O) groups excluding carboxylic acids is 1. The minimum absolute atomic E-state index is 0.00840. The van der Waals surface area contributed by atoms with E-state index in [-0.39, 0.29) is 39.3 Å². The lowest BCUT2D eigenvalue weighted by atomic mass is 10.0. The van der Waals surface area contributed by atoms with Crippen LogP contribution in [0.4, 0.5) is 0 Å². The molecule has 0 fully saturated rings. The molecule has 0 bridgehead atoms. The van der Waals surface area contributed by atoms with Crippen molar-refractivity contribution in [3.8, 4) is 11.5 Å². The van der Waals surface area contributed by atoms with Gasteiger partial charge in [0.15, 0.2) is 0 Å². The summed E-state index contributed by atoms with van der Waals surface area (Å²) in [4.78, 5) is 25.1. The van der Waals surface area contributed by atoms with E-state index in [2.05, 4.69) is 5.32 Å². The number of benzene rings is 4. The van der Waals surface area contributed by atoms with Gasteiger partial charge in [-0.05, 0) is 71.6 Å². The lowest BCUT2D eigenvalue weighted by molar-refractivity contribution is -0.139. The molecule has 0 spiro atoms. The first-order valence-corrected chi connectivity index (χ1v) is 16.3. The number of amides is 1. The number of carboxylic acid groups (broad SMARTS) is 1. The van der Waals surface area contributed by atoms with Crippen LogP contribution in [-0.4, -0.2) is 41.7 Å². The zero-order valence-corrected chi connectivity index (χ0v) is 25.7. The third-order valence-corrected chi connectivity index (χ3v) is 9.61. The lowest BCUT2D eigenvalue weighted by Crippen LogP contribution is -2.42. The van der Waals surface area contributed by atoms with Crippen LogP contribution in [-0.2, 0) is 27.7 Å². The Labute approximate surface area is 260 Å². The van der Waals surface area contributed by atoms with E-state index in [0.717, 1.165) is 10.6 Å². The number of hydrogen-bond acceptors (Lipinski definition) is 6. The minimum atomic E-state index is -2.65. The Hall–Kier alpha value is -3.88. The van der Waals surface area contributed by atoms with Crippen LogP contribution >= 0.6 is 31.1 Å². The van der Waals surface area contributed by atoms with E-state index in [9.17, 15) is 33.3 Å². The summed E-state index contributed by atoms with van der Waals surface area (Å²) in [6, 6.07) is 21.8. The minimum Gasteiger partial charge on any atom is -0.508 e. The summed E-state index contributed by atoms with van der Waals surface area (Å²) < 4.78 is 22.1. The van der Waals surface area contributed by atoms with Crippen LogP contribution in [0.2, 0.25) is 10.0 Å². The number of thiol groups is 1. The number of aliphatic carboxylic acids is 1. The Morgan fingerprint density at radius 3 is 1.93 bits per heavy atom. The van der Waals surface area contributed by atoms with E-state index in [0.29, 0.717) is 16.7 Å². The van der Waals surface area contributed by atoms with Crippen molar-refractivity contribution < 1.29 is 33.3 Å². The normalized spacial score (nSPS) is 12.1. The SMILES string of the molecule is O=C(N[C@@H](Cc1cccc(C[SH](=O)=O)c1)C(=O)O)c1c(Cl)cc(/C=C/P(c2cccc(O)c2)c2cccc(O)c2)cc1Cl. The van der Waals surface area contributed by atoms with Crippen molar-refractivity contribution in [2.45, 2.75) is 18.2 Å². The number of halogens is 2. The molecular weight excluding hydrogens is 632 g/mol. The molecule has 222 valence electrons. The highest BCUT2D eigenvalue weighted by Crippen LogP contribution is 2.38. The van der Waals surface area contributed by atoms with E-state index in [1.54, 1.807) is 66.7 Å². The number of phenols is 2. The highest BCUT2D eigenvalue weighted by atomic mass is 35.5. The molecule has 12 heteroatoms. The third kappa shape index (κ3) is 8.81. The van der Waals surface area contributed by atoms with Crippen LogP contribution in [0.25, 0.3) is 6.08 Å². The van der Waals surface area contributed by atoms with Gasteiger partial charge in [-0.2, -0.15) is 0 Å². The van der Waals surface area contributed by atoms with Gasteiger partial charge in [0.25, 0.3) is 5.91 Å². The van der Waals surface area contributed by atoms with Gasteiger partial charge in [0.2, 0.25) is 0 Å². The van der Waals surface area contributed by atoms with E-state index >= 15 is 0 Å². The van der Waals surface area contributed by atoms with Crippen molar-refractivity contribution >= 4 is 70.4 Å². The molecule has 0 aromatic heterocycles. The van der Waals surface area contributed by atoms with Crippen LogP contribution in [0.1, 0.15) is 27.0 Å². The molecular formula is C31H26Cl2NO7PS. The predicted octanol–water partition coefficient (Wildman–Crippen LogP) is 5.05. The average molecular weight is 658 g/mol. The Balaban J connectivity index is 1.57. The molecule has 0 aliphatic carbocycles. The first kappa shape index (κ1) is 32.0. The summed E-state index contributed by atoms with van der Waals surface area (Å²) in [5.41, 5.74) is 1.53. The maximum Gasteiger partial charge on any atom is 0.326 e. The van der Waals surface area contributed by atoms with Gasteiger partial charge in [-0.1, -0.05) is 83.6 Å². The van der Waals surface area contributed by atoms with E-state index in [1.165, 1.54) is 12.1 Å². The number of phenolic OH excluding ortho intramolecular Hbond substituents is 2. The zero-order valence-electron chi connectivity index (χ0n) is 22.4. The maximum absolute atomic E-state index is 13.1. The van der Waals surface area contributed by atoms with Crippen molar-refractivity contribution in [2.24, 2.45) is 0 Å². The average Bonchev–Trinajstić information content (AvgIpc) is 2.92. The van der Waals surface area contributed by atoms with Gasteiger partial charge >= 0.3 is 5.97 Å². The molecule has 0 saturated carbocycles. The van der Waals surface area contributed by atoms with Crippen LogP contribution in [0, 0.1) is 0 Å². The number of carbonyl (C=O) groups is 2. The van der Waals surface area contributed by atoms with E-state index in [1.807, 2.05) is 17.9 Å². The van der Waals surface area contributed by atoms with Crippen molar-refractivity contribution in [3.63, 3.8) is 0 Å². The van der Waals surface area contributed by atoms with E-state index in [4.69, 9.17) is 23.2 Å². The molecule has 0 radical (unpaired) electrons. The van der Waals surface area contributed by atoms with E-state index < -0.39 is 36.5 Å².